The number of benzene rings is 1. The van der Waals surface area contributed by atoms with Gasteiger partial charge in [-0.2, -0.15) is 0 Å². The number of esters is 1. The molecule has 1 N–H and O–H groups in total. The molecule has 0 aliphatic heterocycles. The summed E-state index contributed by atoms with van der Waals surface area (Å²) in [5, 5.41) is 0. The van der Waals surface area contributed by atoms with Gasteiger partial charge in [-0.25, -0.2) is 4.79 Å². The molecule has 20 heavy (non-hydrogen) atoms. The van der Waals surface area contributed by atoms with E-state index in [1.165, 1.54) is 6.07 Å². The van der Waals surface area contributed by atoms with Gasteiger partial charge in [0, 0.05) is 24.7 Å². The number of aromatic nitrogens is 2. The van der Waals surface area contributed by atoms with Crippen molar-refractivity contribution in [2.45, 2.75) is 6.61 Å². The summed E-state index contributed by atoms with van der Waals surface area (Å²) in [4.78, 5) is 26.8. The highest BCUT2D eigenvalue weighted by molar-refractivity contribution is 5.95. The first-order valence-electron chi connectivity index (χ1n) is 6.15. The van der Waals surface area contributed by atoms with Gasteiger partial charge < -0.3 is 14.1 Å². The summed E-state index contributed by atoms with van der Waals surface area (Å²) >= 11 is 0. The number of fused-ring (bicyclic) bond motifs is 1. The molecule has 5 heteroatoms. The van der Waals surface area contributed by atoms with Gasteiger partial charge in [0.15, 0.2) is 5.43 Å². The summed E-state index contributed by atoms with van der Waals surface area (Å²) in [7, 11) is 0. The standard InChI is InChI=1S/C15H12N2O3/c18-12-6-8-17-9-7-16-14(17)13(12)15(19)20-10-11-4-2-1-3-5-11/h1-9,16H,10H2. The Labute approximate surface area is 114 Å². The van der Waals surface area contributed by atoms with Crippen molar-refractivity contribution in [2.24, 2.45) is 0 Å². The van der Waals surface area contributed by atoms with E-state index >= 15 is 0 Å². The number of aromatic amines is 1. The number of imidazole rings is 1. The number of hydrogen-bond donors (Lipinski definition) is 1. The topological polar surface area (TPSA) is 63.6 Å². The Morgan fingerprint density at radius 1 is 1.15 bits per heavy atom. The predicted octanol–water partition coefficient (Wildman–Crippen LogP) is 1.98. The van der Waals surface area contributed by atoms with E-state index in [-0.39, 0.29) is 17.6 Å². The monoisotopic (exact) mass is 268 g/mol. The van der Waals surface area contributed by atoms with Gasteiger partial charge in [-0.05, 0) is 5.56 Å². The molecule has 5 nitrogen and oxygen atoms in total. The molecule has 0 atom stereocenters. The molecule has 3 rings (SSSR count). The Balaban J connectivity index is 1.87. The number of H-pyrrole nitrogens is 1. The lowest BCUT2D eigenvalue weighted by atomic mass is 10.2. The quantitative estimate of drug-likeness (QED) is 0.739. The number of nitrogens with one attached hydrogen (secondary N) is 1. The van der Waals surface area contributed by atoms with E-state index in [9.17, 15) is 9.59 Å². The third-order valence-corrected chi connectivity index (χ3v) is 3.00. The van der Waals surface area contributed by atoms with Crippen LogP contribution in [-0.4, -0.2) is 15.4 Å². The zero-order valence-electron chi connectivity index (χ0n) is 10.6. The summed E-state index contributed by atoms with van der Waals surface area (Å²) in [5.74, 6) is -0.626. The molecule has 0 saturated carbocycles. The molecule has 3 aromatic rings. The fourth-order valence-corrected chi connectivity index (χ4v) is 2.01. The molecule has 0 radical (unpaired) electrons. The Bertz CT molecular complexity index is 803. The third kappa shape index (κ3) is 2.21. The third-order valence-electron chi connectivity index (χ3n) is 3.00. The number of hydrogen-bond acceptors (Lipinski definition) is 3. The Morgan fingerprint density at radius 3 is 2.75 bits per heavy atom. The minimum absolute atomic E-state index is 0.0217. The minimum Gasteiger partial charge on any atom is -0.457 e. The number of ether oxygens (including phenoxy) is 1. The summed E-state index contributed by atoms with van der Waals surface area (Å²) in [6.45, 7) is 0.140. The first-order chi connectivity index (χ1) is 9.75. The van der Waals surface area contributed by atoms with E-state index < -0.39 is 5.97 Å². The van der Waals surface area contributed by atoms with Gasteiger partial charge in [-0.15, -0.1) is 0 Å². The van der Waals surface area contributed by atoms with Crippen molar-refractivity contribution in [3.05, 3.63) is 76.3 Å². The van der Waals surface area contributed by atoms with Gasteiger partial charge in [0.2, 0.25) is 0 Å². The molecule has 100 valence electrons. The first-order valence-corrected chi connectivity index (χ1v) is 6.15. The molecule has 0 saturated heterocycles. The molecule has 0 fully saturated rings. The predicted molar refractivity (Wildman–Crippen MR) is 73.6 cm³/mol. The number of carbonyl (C=O) groups excluding carboxylic acids is 1. The van der Waals surface area contributed by atoms with Crippen molar-refractivity contribution < 1.29 is 9.53 Å². The molecule has 0 unspecified atom stereocenters. The number of pyridine rings is 1. The van der Waals surface area contributed by atoms with Crippen LogP contribution in [0.4, 0.5) is 0 Å². The van der Waals surface area contributed by atoms with E-state index in [2.05, 4.69) is 4.98 Å². The van der Waals surface area contributed by atoms with Crippen LogP contribution in [0, 0.1) is 0 Å². The van der Waals surface area contributed by atoms with Crippen LogP contribution in [0.3, 0.4) is 0 Å². The van der Waals surface area contributed by atoms with Crippen LogP contribution >= 0.6 is 0 Å². The molecule has 0 bridgehead atoms. The highest BCUT2D eigenvalue weighted by atomic mass is 16.5. The molecule has 1 aromatic carbocycles. The van der Waals surface area contributed by atoms with Crippen molar-refractivity contribution in [3.8, 4) is 0 Å². The van der Waals surface area contributed by atoms with Gasteiger partial charge >= 0.3 is 5.97 Å². The average molecular weight is 268 g/mol. The second-order valence-corrected chi connectivity index (χ2v) is 4.33. The fourth-order valence-electron chi connectivity index (χ4n) is 2.01. The molecule has 2 aromatic heterocycles. The van der Waals surface area contributed by atoms with Crippen LogP contribution in [0.15, 0.2) is 59.8 Å². The Hall–Kier alpha value is -2.82. The van der Waals surface area contributed by atoms with Crippen LogP contribution in [0.2, 0.25) is 0 Å². The van der Waals surface area contributed by atoms with Crippen LogP contribution in [-0.2, 0) is 11.3 Å². The second-order valence-electron chi connectivity index (χ2n) is 4.33. The minimum atomic E-state index is -0.626. The normalized spacial score (nSPS) is 10.6. The highest BCUT2D eigenvalue weighted by Crippen LogP contribution is 2.08. The molecule has 0 spiro atoms. The smallest absolute Gasteiger partial charge is 0.346 e. The highest BCUT2D eigenvalue weighted by Gasteiger charge is 2.16. The summed E-state index contributed by atoms with van der Waals surface area (Å²) in [5.41, 5.74) is 0.981. The van der Waals surface area contributed by atoms with Crippen molar-refractivity contribution >= 4 is 11.6 Å². The molecular weight excluding hydrogens is 256 g/mol. The van der Waals surface area contributed by atoms with Crippen LogP contribution < -0.4 is 5.43 Å². The maximum Gasteiger partial charge on any atom is 0.346 e. The Kier molecular flexibility index (Phi) is 3.09. The maximum atomic E-state index is 12.1. The van der Waals surface area contributed by atoms with E-state index in [0.717, 1.165) is 5.56 Å². The largest absolute Gasteiger partial charge is 0.457 e. The SMILES string of the molecule is O=C(OCc1ccccc1)c1c(=O)ccn2cc[nH]c12. The summed E-state index contributed by atoms with van der Waals surface area (Å²) < 4.78 is 6.87. The van der Waals surface area contributed by atoms with Crippen molar-refractivity contribution in [2.75, 3.05) is 0 Å². The van der Waals surface area contributed by atoms with Gasteiger partial charge in [0.25, 0.3) is 0 Å². The lowest BCUT2D eigenvalue weighted by Gasteiger charge is -2.05. The van der Waals surface area contributed by atoms with Crippen LogP contribution in [0.1, 0.15) is 15.9 Å². The molecular formula is C15H12N2O3. The van der Waals surface area contributed by atoms with E-state index in [4.69, 9.17) is 4.74 Å². The van der Waals surface area contributed by atoms with E-state index in [1.807, 2.05) is 30.3 Å². The van der Waals surface area contributed by atoms with Gasteiger partial charge in [-0.3, -0.25) is 4.79 Å². The van der Waals surface area contributed by atoms with E-state index in [1.54, 1.807) is 23.0 Å². The van der Waals surface area contributed by atoms with Gasteiger partial charge in [-0.1, -0.05) is 30.3 Å². The van der Waals surface area contributed by atoms with Crippen molar-refractivity contribution in [3.63, 3.8) is 0 Å². The zero-order valence-corrected chi connectivity index (χ0v) is 10.6. The van der Waals surface area contributed by atoms with Crippen LogP contribution in [0.5, 0.6) is 0 Å². The molecule has 0 amide bonds. The number of nitrogens with zero attached hydrogens (tertiary/aromatic N) is 1. The Morgan fingerprint density at radius 2 is 1.95 bits per heavy atom. The van der Waals surface area contributed by atoms with Crippen molar-refractivity contribution in [1.29, 1.82) is 0 Å². The molecule has 0 aliphatic carbocycles. The summed E-state index contributed by atoms with van der Waals surface area (Å²) in [6, 6.07) is 10.7. The van der Waals surface area contributed by atoms with Crippen molar-refractivity contribution in [1.82, 2.24) is 9.38 Å². The second kappa shape index (κ2) is 5.05. The maximum absolute atomic E-state index is 12.1. The number of carbonyl (C=O) groups is 1. The van der Waals surface area contributed by atoms with Gasteiger partial charge in [0.1, 0.15) is 17.8 Å². The first kappa shape index (κ1) is 12.2. The zero-order chi connectivity index (χ0) is 13.9. The van der Waals surface area contributed by atoms with E-state index in [0.29, 0.717) is 5.65 Å². The lowest BCUT2D eigenvalue weighted by molar-refractivity contribution is 0.0473. The lowest BCUT2D eigenvalue weighted by Crippen LogP contribution is -2.18. The van der Waals surface area contributed by atoms with Crippen LogP contribution in [0.25, 0.3) is 5.65 Å². The average Bonchev–Trinajstić information content (AvgIpc) is 2.94. The summed E-state index contributed by atoms with van der Waals surface area (Å²) in [6.07, 6.45) is 4.98. The molecule has 2 heterocycles. The fraction of sp³-hybridized carbons (Fsp3) is 0.0667. The molecule has 0 aliphatic rings. The van der Waals surface area contributed by atoms with Gasteiger partial charge in [0.05, 0.1) is 0 Å². The number of rotatable bonds is 3.